The molecule has 35 heavy (non-hydrogen) atoms. The van der Waals surface area contributed by atoms with Crippen LogP contribution in [0.2, 0.25) is 0 Å². The molecule has 11 heteroatoms. The Bertz CT molecular complexity index is 1380. The Balaban J connectivity index is 1.49. The molecule has 0 fully saturated rings. The molecular formula is C24H24N8O2S. The normalized spacial score (nSPS) is 11.3. The number of nitrogens with one attached hydrogen (secondary N) is 3. The summed E-state index contributed by atoms with van der Waals surface area (Å²) in [5, 5.41) is 15.6. The number of hydrogen-bond acceptors (Lipinski definition) is 9. The van der Waals surface area contributed by atoms with Crippen LogP contribution in [0, 0.1) is 0 Å². The summed E-state index contributed by atoms with van der Waals surface area (Å²) in [5.41, 5.74) is 5.45. The molecule has 0 unspecified atom stereocenters. The molecule has 0 radical (unpaired) electrons. The SMILES string of the molecule is NS(=O)(=O)c1ccc(Nc2nc(N/N=C/CCc3ccccc3)nc(Nc3ccccc3)n2)cc1. The summed E-state index contributed by atoms with van der Waals surface area (Å²) in [6, 6.07) is 25.6. The third-order valence-corrected chi connectivity index (χ3v) is 5.69. The summed E-state index contributed by atoms with van der Waals surface area (Å²) in [6.45, 7) is 0. The predicted molar refractivity (Wildman–Crippen MR) is 138 cm³/mol. The van der Waals surface area contributed by atoms with Crippen LogP contribution < -0.4 is 21.2 Å². The molecule has 0 bridgehead atoms. The van der Waals surface area contributed by atoms with Crippen molar-refractivity contribution in [3.05, 3.63) is 90.5 Å². The third kappa shape index (κ3) is 7.32. The van der Waals surface area contributed by atoms with Gasteiger partial charge in [-0.15, -0.1) is 0 Å². The molecule has 178 valence electrons. The summed E-state index contributed by atoms with van der Waals surface area (Å²) in [7, 11) is -3.78. The van der Waals surface area contributed by atoms with Crippen molar-refractivity contribution in [2.24, 2.45) is 10.2 Å². The van der Waals surface area contributed by atoms with E-state index in [1.54, 1.807) is 18.3 Å². The number of para-hydroxylation sites is 1. The van der Waals surface area contributed by atoms with Gasteiger partial charge in [0.15, 0.2) is 0 Å². The van der Waals surface area contributed by atoms with E-state index in [1.807, 2.05) is 48.5 Å². The van der Waals surface area contributed by atoms with Crippen LogP contribution in [0.15, 0.2) is 94.9 Å². The lowest BCUT2D eigenvalue weighted by molar-refractivity contribution is 0.598. The summed E-state index contributed by atoms with van der Waals surface area (Å²) in [5.74, 6) is 0.777. The van der Waals surface area contributed by atoms with E-state index in [2.05, 4.69) is 48.2 Å². The summed E-state index contributed by atoms with van der Waals surface area (Å²) >= 11 is 0. The molecule has 0 atom stereocenters. The van der Waals surface area contributed by atoms with E-state index in [4.69, 9.17) is 5.14 Å². The van der Waals surface area contributed by atoms with E-state index in [0.717, 1.165) is 18.5 Å². The zero-order valence-corrected chi connectivity index (χ0v) is 19.5. The molecule has 0 spiro atoms. The van der Waals surface area contributed by atoms with Crippen LogP contribution in [0.3, 0.4) is 0 Å². The smallest absolute Gasteiger partial charge is 0.250 e. The minimum absolute atomic E-state index is 0.0114. The minimum Gasteiger partial charge on any atom is -0.324 e. The van der Waals surface area contributed by atoms with Gasteiger partial charge in [-0.3, -0.25) is 0 Å². The molecule has 0 aliphatic carbocycles. The second-order valence-corrected chi connectivity index (χ2v) is 9.00. The first-order chi connectivity index (χ1) is 17.0. The topological polar surface area (TPSA) is 147 Å². The van der Waals surface area contributed by atoms with Crippen molar-refractivity contribution < 1.29 is 8.42 Å². The number of nitrogens with zero attached hydrogens (tertiary/aromatic N) is 4. The maximum Gasteiger partial charge on any atom is 0.250 e. The molecule has 0 aliphatic heterocycles. The van der Waals surface area contributed by atoms with Crippen LogP contribution >= 0.6 is 0 Å². The fraction of sp³-hybridized carbons (Fsp3) is 0.0833. The van der Waals surface area contributed by atoms with Crippen LogP contribution in [-0.2, 0) is 16.4 Å². The summed E-state index contributed by atoms with van der Waals surface area (Å²) in [4.78, 5) is 13.1. The van der Waals surface area contributed by atoms with Crippen LogP contribution in [0.1, 0.15) is 12.0 Å². The molecule has 3 aromatic carbocycles. The molecule has 4 rings (SSSR count). The van der Waals surface area contributed by atoms with Crippen molar-refractivity contribution >= 4 is 45.5 Å². The monoisotopic (exact) mass is 488 g/mol. The largest absolute Gasteiger partial charge is 0.324 e. The number of aromatic nitrogens is 3. The van der Waals surface area contributed by atoms with Crippen LogP contribution in [-0.4, -0.2) is 29.6 Å². The molecule has 0 saturated carbocycles. The fourth-order valence-corrected chi connectivity index (χ4v) is 3.60. The maximum atomic E-state index is 11.5. The van der Waals surface area contributed by atoms with Gasteiger partial charge in [0.1, 0.15) is 0 Å². The van der Waals surface area contributed by atoms with E-state index in [-0.39, 0.29) is 16.8 Å². The Morgan fingerprint density at radius 3 is 1.89 bits per heavy atom. The van der Waals surface area contributed by atoms with Gasteiger partial charge in [0, 0.05) is 17.6 Å². The average Bonchev–Trinajstić information content (AvgIpc) is 2.85. The Morgan fingerprint density at radius 2 is 1.29 bits per heavy atom. The van der Waals surface area contributed by atoms with Crippen molar-refractivity contribution in [2.45, 2.75) is 17.7 Å². The van der Waals surface area contributed by atoms with Crippen molar-refractivity contribution in [1.29, 1.82) is 0 Å². The van der Waals surface area contributed by atoms with Crippen LogP contribution in [0.25, 0.3) is 0 Å². The zero-order chi connectivity index (χ0) is 24.5. The second-order valence-electron chi connectivity index (χ2n) is 7.44. The number of rotatable bonds is 10. The van der Waals surface area contributed by atoms with E-state index < -0.39 is 10.0 Å². The van der Waals surface area contributed by atoms with E-state index in [9.17, 15) is 8.42 Å². The average molecular weight is 489 g/mol. The number of anilines is 5. The molecule has 4 aromatic rings. The Hall–Kier alpha value is -4.35. The van der Waals surface area contributed by atoms with Crippen LogP contribution in [0.4, 0.5) is 29.2 Å². The van der Waals surface area contributed by atoms with E-state index in [0.29, 0.717) is 11.6 Å². The van der Waals surface area contributed by atoms with Crippen molar-refractivity contribution in [3.63, 3.8) is 0 Å². The highest BCUT2D eigenvalue weighted by molar-refractivity contribution is 7.89. The molecule has 0 amide bonds. The Kier molecular flexibility index (Phi) is 7.60. The highest BCUT2D eigenvalue weighted by atomic mass is 32.2. The number of primary sulfonamides is 1. The maximum absolute atomic E-state index is 11.5. The van der Waals surface area contributed by atoms with Crippen LogP contribution in [0.5, 0.6) is 0 Å². The van der Waals surface area contributed by atoms with Crippen molar-refractivity contribution in [1.82, 2.24) is 15.0 Å². The van der Waals surface area contributed by atoms with Gasteiger partial charge in [-0.1, -0.05) is 48.5 Å². The third-order valence-electron chi connectivity index (χ3n) is 4.77. The van der Waals surface area contributed by atoms with Gasteiger partial charge in [-0.25, -0.2) is 19.0 Å². The Morgan fingerprint density at radius 1 is 0.743 bits per heavy atom. The van der Waals surface area contributed by atoms with Gasteiger partial charge < -0.3 is 10.6 Å². The highest BCUT2D eigenvalue weighted by Gasteiger charge is 2.10. The number of aryl methyl sites for hydroxylation is 1. The molecule has 5 N–H and O–H groups in total. The molecule has 10 nitrogen and oxygen atoms in total. The van der Waals surface area contributed by atoms with Gasteiger partial charge in [0.05, 0.1) is 4.90 Å². The van der Waals surface area contributed by atoms with Crippen molar-refractivity contribution in [2.75, 3.05) is 16.1 Å². The quantitative estimate of drug-likeness (QED) is 0.193. The second kappa shape index (κ2) is 11.2. The van der Waals surface area contributed by atoms with Gasteiger partial charge in [0.2, 0.25) is 27.9 Å². The van der Waals surface area contributed by atoms with E-state index >= 15 is 0 Å². The molecule has 0 saturated heterocycles. The highest BCUT2D eigenvalue weighted by Crippen LogP contribution is 2.20. The zero-order valence-electron chi connectivity index (χ0n) is 18.7. The Labute approximate surface area is 203 Å². The lowest BCUT2D eigenvalue weighted by Crippen LogP contribution is -2.12. The lowest BCUT2D eigenvalue weighted by Gasteiger charge is -2.10. The minimum atomic E-state index is -3.78. The van der Waals surface area contributed by atoms with Gasteiger partial charge >= 0.3 is 0 Å². The number of hydrazone groups is 1. The summed E-state index contributed by atoms with van der Waals surface area (Å²) < 4.78 is 23.0. The number of sulfonamides is 1. The number of hydrogen-bond donors (Lipinski definition) is 4. The first-order valence-corrected chi connectivity index (χ1v) is 12.3. The molecule has 1 aromatic heterocycles. The molecular weight excluding hydrogens is 464 g/mol. The number of nitrogens with two attached hydrogens (primary N) is 1. The number of benzene rings is 3. The predicted octanol–water partition coefficient (Wildman–Crippen LogP) is 4.04. The van der Waals surface area contributed by atoms with Crippen molar-refractivity contribution in [3.8, 4) is 0 Å². The summed E-state index contributed by atoms with van der Waals surface area (Å²) in [6.07, 6.45) is 3.38. The van der Waals surface area contributed by atoms with Gasteiger partial charge in [-0.2, -0.15) is 20.1 Å². The van der Waals surface area contributed by atoms with Gasteiger partial charge in [-0.05, 0) is 54.8 Å². The van der Waals surface area contributed by atoms with Gasteiger partial charge in [0.25, 0.3) is 0 Å². The standard InChI is InChI=1S/C24H24N8O2S/c25-35(33,34)21-15-13-20(14-16-21)28-23-29-22(27-19-11-5-2-6-12-19)30-24(31-23)32-26-17-7-10-18-8-3-1-4-9-18/h1-6,8-9,11-17H,7,10H2,(H2,25,33,34)(H3,27,28,29,30,31,32)/b26-17+. The first-order valence-electron chi connectivity index (χ1n) is 10.8. The fourth-order valence-electron chi connectivity index (χ4n) is 3.09. The molecule has 1 heterocycles. The molecule has 0 aliphatic rings. The van der Waals surface area contributed by atoms with E-state index in [1.165, 1.54) is 17.7 Å². The lowest BCUT2D eigenvalue weighted by atomic mass is 10.1. The first kappa shape index (κ1) is 23.8.